The Bertz CT molecular complexity index is 950. The van der Waals surface area contributed by atoms with Gasteiger partial charge in [0.25, 0.3) is 5.56 Å². The highest BCUT2D eigenvalue weighted by Gasteiger charge is 2.27. The van der Waals surface area contributed by atoms with Crippen LogP contribution < -0.4 is 15.8 Å². The molecule has 3 heterocycles. The standard InChI is InChI=1S/C20H31N7O2/c1-4-27-18(28)17-16(14(2)23-24(17)3)22-19(27)25-10-12-26(13-11-25)20(29)21-15-8-6-5-7-9-15/h15H,4-13H2,1-3H3,(H,21,29). The number of piperazine rings is 1. The lowest BCUT2D eigenvalue weighted by atomic mass is 9.96. The van der Waals surface area contributed by atoms with E-state index in [2.05, 4.69) is 15.3 Å². The quantitative estimate of drug-likeness (QED) is 0.844. The SMILES string of the molecule is CCn1c(N2CCN(C(=O)NC3CCCCC3)CC2)nc2c(C)nn(C)c2c1=O. The van der Waals surface area contributed by atoms with Gasteiger partial charge in [0.05, 0.1) is 5.69 Å². The van der Waals surface area contributed by atoms with Crippen molar-refractivity contribution in [3.05, 3.63) is 16.0 Å². The summed E-state index contributed by atoms with van der Waals surface area (Å²) in [6.45, 7) is 6.96. The fraction of sp³-hybridized carbons (Fsp3) is 0.700. The summed E-state index contributed by atoms with van der Waals surface area (Å²) in [7, 11) is 1.78. The number of carbonyl (C=O) groups is 1. The third-order valence-corrected chi connectivity index (χ3v) is 6.19. The number of nitrogens with zero attached hydrogens (tertiary/aromatic N) is 6. The second-order valence-electron chi connectivity index (χ2n) is 8.13. The minimum Gasteiger partial charge on any atom is -0.339 e. The summed E-state index contributed by atoms with van der Waals surface area (Å²) in [6.07, 6.45) is 5.86. The lowest BCUT2D eigenvalue weighted by Crippen LogP contribution is -2.54. The Morgan fingerprint density at radius 1 is 1.14 bits per heavy atom. The highest BCUT2D eigenvalue weighted by molar-refractivity contribution is 5.78. The van der Waals surface area contributed by atoms with Crippen molar-refractivity contribution in [2.75, 3.05) is 31.1 Å². The first-order chi connectivity index (χ1) is 14.0. The molecule has 1 aliphatic heterocycles. The summed E-state index contributed by atoms with van der Waals surface area (Å²) in [5, 5.41) is 7.56. The molecule has 2 fully saturated rings. The minimum absolute atomic E-state index is 0.0379. The number of hydrogen-bond donors (Lipinski definition) is 1. The fourth-order valence-corrected chi connectivity index (χ4v) is 4.55. The van der Waals surface area contributed by atoms with E-state index in [1.165, 1.54) is 19.3 Å². The first kappa shape index (κ1) is 19.7. The largest absolute Gasteiger partial charge is 0.339 e. The summed E-state index contributed by atoms with van der Waals surface area (Å²) < 4.78 is 3.32. The van der Waals surface area contributed by atoms with Gasteiger partial charge in [0.15, 0.2) is 5.52 Å². The number of carbonyl (C=O) groups excluding carboxylic acids is 1. The van der Waals surface area contributed by atoms with Crippen molar-refractivity contribution in [3.8, 4) is 0 Å². The van der Waals surface area contributed by atoms with E-state index >= 15 is 0 Å². The van der Waals surface area contributed by atoms with E-state index in [4.69, 9.17) is 4.98 Å². The van der Waals surface area contributed by atoms with Crippen molar-refractivity contribution >= 4 is 23.0 Å². The molecule has 4 rings (SSSR count). The van der Waals surface area contributed by atoms with Gasteiger partial charge >= 0.3 is 6.03 Å². The van der Waals surface area contributed by atoms with Crippen LogP contribution in [0, 0.1) is 6.92 Å². The number of urea groups is 1. The van der Waals surface area contributed by atoms with Crippen molar-refractivity contribution in [1.29, 1.82) is 0 Å². The van der Waals surface area contributed by atoms with Crippen LogP contribution in [0.4, 0.5) is 10.7 Å². The van der Waals surface area contributed by atoms with Crippen molar-refractivity contribution < 1.29 is 4.79 Å². The van der Waals surface area contributed by atoms with E-state index in [-0.39, 0.29) is 11.6 Å². The molecule has 0 atom stereocenters. The van der Waals surface area contributed by atoms with Gasteiger partial charge in [-0.25, -0.2) is 9.78 Å². The summed E-state index contributed by atoms with van der Waals surface area (Å²) in [5.41, 5.74) is 1.90. The van der Waals surface area contributed by atoms with E-state index in [1.807, 2.05) is 18.7 Å². The Labute approximate surface area is 170 Å². The van der Waals surface area contributed by atoms with Gasteiger partial charge in [0, 0.05) is 45.8 Å². The van der Waals surface area contributed by atoms with E-state index in [0.717, 1.165) is 18.5 Å². The molecule has 2 amide bonds. The molecule has 2 aromatic rings. The molecule has 0 bridgehead atoms. The molecule has 1 saturated carbocycles. The van der Waals surface area contributed by atoms with Crippen molar-refractivity contribution in [2.24, 2.45) is 7.05 Å². The topological polar surface area (TPSA) is 88.3 Å². The molecule has 1 N–H and O–H groups in total. The number of aromatic nitrogens is 4. The second-order valence-corrected chi connectivity index (χ2v) is 8.13. The maximum Gasteiger partial charge on any atom is 0.317 e. The van der Waals surface area contributed by atoms with Crippen LogP contribution in [0.1, 0.15) is 44.7 Å². The zero-order valence-corrected chi connectivity index (χ0v) is 17.6. The zero-order chi connectivity index (χ0) is 20.5. The zero-order valence-electron chi connectivity index (χ0n) is 17.6. The number of hydrogen-bond acceptors (Lipinski definition) is 5. The molecule has 1 saturated heterocycles. The maximum absolute atomic E-state index is 13.0. The Morgan fingerprint density at radius 2 is 1.83 bits per heavy atom. The third-order valence-electron chi connectivity index (χ3n) is 6.19. The monoisotopic (exact) mass is 401 g/mol. The predicted octanol–water partition coefficient (Wildman–Crippen LogP) is 1.62. The third kappa shape index (κ3) is 3.70. The molecule has 0 spiro atoms. The van der Waals surface area contributed by atoms with E-state index in [1.54, 1.807) is 16.3 Å². The molecule has 2 aromatic heterocycles. The molecule has 9 nitrogen and oxygen atoms in total. The van der Waals surface area contributed by atoms with Crippen molar-refractivity contribution in [2.45, 2.75) is 58.5 Å². The highest BCUT2D eigenvalue weighted by atomic mass is 16.2. The van der Waals surface area contributed by atoms with Gasteiger partial charge in [0.2, 0.25) is 5.95 Å². The van der Waals surface area contributed by atoms with Gasteiger partial charge in [0.1, 0.15) is 5.52 Å². The van der Waals surface area contributed by atoms with Crippen molar-refractivity contribution in [3.63, 3.8) is 0 Å². The van der Waals surface area contributed by atoms with Crippen LogP contribution in [0.25, 0.3) is 11.0 Å². The van der Waals surface area contributed by atoms with Gasteiger partial charge in [-0.05, 0) is 26.7 Å². The van der Waals surface area contributed by atoms with Gasteiger partial charge < -0.3 is 15.1 Å². The molecule has 0 unspecified atom stereocenters. The number of aryl methyl sites for hydroxylation is 2. The maximum atomic E-state index is 13.0. The molecule has 0 aromatic carbocycles. The van der Waals surface area contributed by atoms with Crippen LogP contribution in [-0.4, -0.2) is 62.5 Å². The molecule has 158 valence electrons. The number of amides is 2. The normalized spacial score (nSPS) is 18.4. The Morgan fingerprint density at radius 3 is 2.48 bits per heavy atom. The average Bonchev–Trinajstić information content (AvgIpc) is 3.02. The second kappa shape index (κ2) is 8.04. The first-order valence-corrected chi connectivity index (χ1v) is 10.7. The van der Waals surface area contributed by atoms with Gasteiger partial charge in [-0.1, -0.05) is 19.3 Å². The van der Waals surface area contributed by atoms with Gasteiger partial charge in [-0.3, -0.25) is 14.0 Å². The Kier molecular flexibility index (Phi) is 5.47. The van der Waals surface area contributed by atoms with E-state index < -0.39 is 0 Å². The number of fused-ring (bicyclic) bond motifs is 1. The van der Waals surface area contributed by atoms with Crippen LogP contribution >= 0.6 is 0 Å². The summed E-state index contributed by atoms with van der Waals surface area (Å²) in [4.78, 5) is 34.4. The molecule has 9 heteroatoms. The molecule has 1 aliphatic carbocycles. The molecule has 29 heavy (non-hydrogen) atoms. The molecular formula is C20H31N7O2. The molecular weight excluding hydrogens is 370 g/mol. The Hall–Kier alpha value is -2.58. The van der Waals surface area contributed by atoms with Gasteiger partial charge in [-0.15, -0.1) is 0 Å². The van der Waals surface area contributed by atoms with Crippen LogP contribution in [0.3, 0.4) is 0 Å². The Balaban J connectivity index is 1.49. The van der Waals surface area contributed by atoms with Crippen LogP contribution in [0.5, 0.6) is 0 Å². The fourth-order valence-electron chi connectivity index (χ4n) is 4.55. The van der Waals surface area contributed by atoms with Crippen LogP contribution in [0.2, 0.25) is 0 Å². The summed E-state index contributed by atoms with van der Waals surface area (Å²) in [6, 6.07) is 0.355. The van der Waals surface area contributed by atoms with Crippen molar-refractivity contribution in [1.82, 2.24) is 29.5 Å². The van der Waals surface area contributed by atoms with Crippen LogP contribution in [0.15, 0.2) is 4.79 Å². The van der Waals surface area contributed by atoms with E-state index in [0.29, 0.717) is 55.7 Å². The number of nitrogens with one attached hydrogen (secondary N) is 1. The minimum atomic E-state index is -0.0620. The van der Waals surface area contributed by atoms with Crippen LogP contribution in [-0.2, 0) is 13.6 Å². The summed E-state index contributed by atoms with van der Waals surface area (Å²) >= 11 is 0. The molecule has 0 radical (unpaired) electrons. The lowest BCUT2D eigenvalue weighted by molar-refractivity contribution is 0.186. The van der Waals surface area contributed by atoms with Gasteiger partial charge in [-0.2, -0.15) is 5.10 Å². The summed E-state index contributed by atoms with van der Waals surface area (Å²) in [5.74, 6) is 0.674. The predicted molar refractivity (Wildman–Crippen MR) is 112 cm³/mol. The lowest BCUT2D eigenvalue weighted by Gasteiger charge is -2.37. The average molecular weight is 402 g/mol. The highest BCUT2D eigenvalue weighted by Crippen LogP contribution is 2.20. The van der Waals surface area contributed by atoms with E-state index in [9.17, 15) is 9.59 Å². The number of anilines is 1. The molecule has 2 aliphatic rings. The smallest absolute Gasteiger partial charge is 0.317 e. The number of rotatable bonds is 3. The first-order valence-electron chi connectivity index (χ1n) is 10.7.